The van der Waals surface area contributed by atoms with E-state index in [0.717, 1.165) is 34.7 Å². The van der Waals surface area contributed by atoms with Gasteiger partial charge < -0.3 is 15.5 Å². The topological polar surface area (TPSA) is 44.4 Å². The molecule has 0 spiro atoms. The van der Waals surface area contributed by atoms with Crippen LogP contribution < -0.4 is 15.5 Å². The number of hydrogen-bond donors (Lipinski definition) is 2. The molecule has 28 heavy (non-hydrogen) atoms. The first-order valence-corrected chi connectivity index (χ1v) is 11.1. The van der Waals surface area contributed by atoms with Gasteiger partial charge in [-0.25, -0.2) is 0 Å². The zero-order chi connectivity index (χ0) is 20.1. The lowest BCUT2D eigenvalue weighted by atomic mass is 9.69. The van der Waals surface area contributed by atoms with Crippen LogP contribution in [0.15, 0.2) is 24.3 Å². The van der Waals surface area contributed by atoms with E-state index < -0.39 is 0 Å². The van der Waals surface area contributed by atoms with E-state index in [-0.39, 0.29) is 12.1 Å². The highest BCUT2D eigenvalue weighted by atomic mass is 32.1. The number of nitrogens with zero attached hydrogens (tertiary/aromatic N) is 1. The predicted octanol–water partition coefficient (Wildman–Crippen LogP) is 5.21. The highest BCUT2D eigenvalue weighted by molar-refractivity contribution is 7.16. The molecule has 0 saturated heterocycles. The molecule has 0 fully saturated rings. The highest BCUT2D eigenvalue weighted by Crippen LogP contribution is 2.46. The maximum absolute atomic E-state index is 13.0. The summed E-state index contributed by atoms with van der Waals surface area (Å²) >= 11 is 1.80. The van der Waals surface area contributed by atoms with Crippen LogP contribution >= 0.6 is 11.3 Å². The molecule has 1 amide bonds. The van der Waals surface area contributed by atoms with E-state index in [2.05, 4.69) is 60.6 Å². The second-order valence-electron chi connectivity index (χ2n) is 9.03. The van der Waals surface area contributed by atoms with E-state index in [1.165, 1.54) is 23.3 Å². The Morgan fingerprint density at radius 2 is 1.89 bits per heavy atom. The Labute approximate surface area is 172 Å². The van der Waals surface area contributed by atoms with Gasteiger partial charge in [0.15, 0.2) is 0 Å². The monoisotopic (exact) mass is 397 g/mol. The van der Waals surface area contributed by atoms with Gasteiger partial charge in [-0.15, -0.1) is 11.3 Å². The van der Waals surface area contributed by atoms with Crippen molar-refractivity contribution in [3.63, 3.8) is 0 Å². The van der Waals surface area contributed by atoms with Crippen molar-refractivity contribution in [2.75, 3.05) is 24.3 Å². The maximum Gasteiger partial charge on any atom is 0.256 e. The summed E-state index contributed by atoms with van der Waals surface area (Å²) in [4.78, 5) is 16.5. The smallest absolute Gasteiger partial charge is 0.256 e. The standard InChI is InChI=1S/C23H31N3OS/c1-6-23(2,3)15-9-12-17-18(13-15)28-22-19(17)21(27)24-20(25-22)14-7-10-16(11-8-14)26(4)5/h7-8,10-11,15,20,25H,6,9,12-13H2,1-5H3,(H,24,27). The quantitative estimate of drug-likeness (QED) is 0.744. The Morgan fingerprint density at radius 1 is 1.18 bits per heavy atom. The fourth-order valence-electron chi connectivity index (χ4n) is 4.39. The van der Waals surface area contributed by atoms with Crippen LogP contribution in [0.3, 0.4) is 0 Å². The number of hydrogen-bond acceptors (Lipinski definition) is 4. The van der Waals surface area contributed by atoms with Crippen LogP contribution in [0, 0.1) is 11.3 Å². The number of rotatable bonds is 4. The molecule has 0 saturated carbocycles. The molecular weight excluding hydrogens is 366 g/mol. The number of benzene rings is 1. The first-order valence-electron chi connectivity index (χ1n) is 10.3. The van der Waals surface area contributed by atoms with Gasteiger partial charge in [0.25, 0.3) is 5.91 Å². The molecule has 5 heteroatoms. The van der Waals surface area contributed by atoms with Crippen molar-refractivity contribution in [2.24, 2.45) is 11.3 Å². The van der Waals surface area contributed by atoms with Crippen LogP contribution in [-0.4, -0.2) is 20.0 Å². The number of carbonyl (C=O) groups excluding carboxylic acids is 1. The lowest BCUT2D eigenvalue weighted by Crippen LogP contribution is -2.38. The number of amides is 1. The fraction of sp³-hybridized carbons (Fsp3) is 0.522. The number of anilines is 2. The van der Waals surface area contributed by atoms with E-state index in [1.807, 2.05) is 14.1 Å². The average Bonchev–Trinajstić information content (AvgIpc) is 3.06. The van der Waals surface area contributed by atoms with Gasteiger partial charge >= 0.3 is 0 Å². The molecule has 1 aromatic heterocycles. The summed E-state index contributed by atoms with van der Waals surface area (Å²) in [5, 5.41) is 7.81. The lowest BCUT2D eigenvalue weighted by molar-refractivity contribution is 0.0934. The summed E-state index contributed by atoms with van der Waals surface area (Å²) in [5.41, 5.74) is 4.78. The molecule has 2 N–H and O–H groups in total. The summed E-state index contributed by atoms with van der Waals surface area (Å²) in [5.74, 6) is 0.767. The zero-order valence-electron chi connectivity index (χ0n) is 17.6. The molecule has 2 aromatic rings. The molecule has 2 unspecified atom stereocenters. The third-order valence-corrected chi connectivity index (χ3v) is 7.99. The van der Waals surface area contributed by atoms with Gasteiger partial charge in [-0.05, 0) is 53.9 Å². The van der Waals surface area contributed by atoms with Crippen molar-refractivity contribution < 1.29 is 4.79 Å². The molecule has 0 bridgehead atoms. The van der Waals surface area contributed by atoms with Crippen LogP contribution in [0.1, 0.15) is 66.1 Å². The molecule has 2 aliphatic rings. The zero-order valence-corrected chi connectivity index (χ0v) is 18.4. The van der Waals surface area contributed by atoms with E-state index in [1.54, 1.807) is 11.3 Å². The van der Waals surface area contributed by atoms with Crippen LogP contribution in [0.4, 0.5) is 10.7 Å². The molecular formula is C23H31N3OS. The number of thiophene rings is 1. The van der Waals surface area contributed by atoms with Gasteiger partial charge in [0.2, 0.25) is 0 Å². The van der Waals surface area contributed by atoms with Crippen molar-refractivity contribution >= 4 is 27.9 Å². The first-order chi connectivity index (χ1) is 13.3. The Bertz CT molecular complexity index is 882. The lowest BCUT2D eigenvalue weighted by Gasteiger charge is -2.36. The van der Waals surface area contributed by atoms with E-state index in [0.29, 0.717) is 11.3 Å². The van der Waals surface area contributed by atoms with Gasteiger partial charge in [-0.1, -0.05) is 39.3 Å². The summed E-state index contributed by atoms with van der Waals surface area (Å²) < 4.78 is 0. The molecule has 1 aromatic carbocycles. The Balaban J connectivity index is 1.59. The molecule has 2 heterocycles. The largest absolute Gasteiger partial charge is 0.378 e. The van der Waals surface area contributed by atoms with Gasteiger partial charge in [-0.3, -0.25) is 4.79 Å². The van der Waals surface area contributed by atoms with Crippen molar-refractivity contribution in [1.29, 1.82) is 0 Å². The summed E-state index contributed by atoms with van der Waals surface area (Å²) in [6.45, 7) is 7.05. The van der Waals surface area contributed by atoms with Gasteiger partial charge in [-0.2, -0.15) is 0 Å². The van der Waals surface area contributed by atoms with Crippen LogP contribution in [-0.2, 0) is 12.8 Å². The third-order valence-electron chi connectivity index (χ3n) is 6.80. The van der Waals surface area contributed by atoms with E-state index in [9.17, 15) is 4.79 Å². The third kappa shape index (κ3) is 3.30. The normalized spacial score (nSPS) is 21.4. The maximum atomic E-state index is 13.0. The highest BCUT2D eigenvalue weighted by Gasteiger charge is 2.37. The summed E-state index contributed by atoms with van der Waals surface area (Å²) in [7, 11) is 4.07. The van der Waals surface area contributed by atoms with Gasteiger partial charge in [0, 0.05) is 24.7 Å². The Morgan fingerprint density at radius 3 is 2.54 bits per heavy atom. The predicted molar refractivity (Wildman–Crippen MR) is 119 cm³/mol. The minimum atomic E-state index is -0.167. The van der Waals surface area contributed by atoms with Crippen molar-refractivity contribution in [3.05, 3.63) is 45.8 Å². The van der Waals surface area contributed by atoms with E-state index in [4.69, 9.17) is 0 Å². The molecule has 150 valence electrons. The Kier molecular flexibility index (Phi) is 4.90. The molecule has 2 atom stereocenters. The second-order valence-corrected chi connectivity index (χ2v) is 10.1. The summed E-state index contributed by atoms with van der Waals surface area (Å²) in [6.07, 6.45) is 4.33. The first kappa shape index (κ1) is 19.3. The van der Waals surface area contributed by atoms with Crippen LogP contribution in [0.2, 0.25) is 0 Å². The van der Waals surface area contributed by atoms with Crippen molar-refractivity contribution in [1.82, 2.24) is 5.32 Å². The van der Waals surface area contributed by atoms with Gasteiger partial charge in [0.05, 0.1) is 5.56 Å². The van der Waals surface area contributed by atoms with Crippen LogP contribution in [0.25, 0.3) is 0 Å². The molecule has 1 aliphatic carbocycles. The molecule has 4 nitrogen and oxygen atoms in total. The minimum Gasteiger partial charge on any atom is -0.378 e. The SMILES string of the molecule is CCC(C)(C)C1CCc2c(sc3c2C(=O)NC(c2ccc(N(C)C)cc2)N3)C1. The second kappa shape index (κ2) is 7.11. The molecule has 1 aliphatic heterocycles. The molecule has 4 rings (SSSR count). The van der Waals surface area contributed by atoms with E-state index >= 15 is 0 Å². The minimum absolute atomic E-state index is 0.0705. The number of fused-ring (bicyclic) bond motifs is 3. The fourth-order valence-corrected chi connectivity index (χ4v) is 5.74. The average molecular weight is 398 g/mol. The van der Waals surface area contributed by atoms with Crippen LogP contribution in [0.5, 0.6) is 0 Å². The Hall–Kier alpha value is -2.01. The van der Waals surface area contributed by atoms with Crippen molar-refractivity contribution in [2.45, 2.75) is 52.6 Å². The van der Waals surface area contributed by atoms with Crippen molar-refractivity contribution in [3.8, 4) is 0 Å². The molecule has 0 radical (unpaired) electrons. The van der Waals surface area contributed by atoms with Gasteiger partial charge in [0.1, 0.15) is 11.2 Å². The number of carbonyl (C=O) groups is 1. The number of nitrogens with one attached hydrogen (secondary N) is 2. The summed E-state index contributed by atoms with van der Waals surface area (Å²) in [6, 6.07) is 8.36.